The van der Waals surface area contributed by atoms with Gasteiger partial charge >= 0.3 is 11.9 Å². The van der Waals surface area contributed by atoms with Crippen LogP contribution in [0.5, 0.6) is 0 Å². The SMILES string of the molecule is C=CCOC(=O)C#CCNCC(=O)OC(C)CC. The predicted octanol–water partition coefficient (Wildman–Crippen LogP) is 0.650. The van der Waals surface area contributed by atoms with Crippen LogP contribution < -0.4 is 5.32 Å². The van der Waals surface area contributed by atoms with E-state index in [1.807, 2.05) is 13.8 Å². The highest BCUT2D eigenvalue weighted by molar-refractivity contribution is 5.88. The molecule has 0 amide bonds. The van der Waals surface area contributed by atoms with Crippen LogP contribution in [0.4, 0.5) is 0 Å². The van der Waals surface area contributed by atoms with Gasteiger partial charge in [0.2, 0.25) is 0 Å². The number of esters is 2. The monoisotopic (exact) mass is 253 g/mol. The van der Waals surface area contributed by atoms with E-state index in [0.717, 1.165) is 6.42 Å². The molecule has 0 fully saturated rings. The summed E-state index contributed by atoms with van der Waals surface area (Å²) in [6.07, 6.45) is 2.16. The van der Waals surface area contributed by atoms with Gasteiger partial charge in [-0.05, 0) is 13.3 Å². The van der Waals surface area contributed by atoms with Crippen LogP contribution in [-0.2, 0) is 19.1 Å². The Morgan fingerprint density at radius 1 is 1.50 bits per heavy atom. The number of carbonyl (C=O) groups excluding carboxylic acids is 2. The average Bonchev–Trinajstić information content (AvgIpc) is 2.35. The first-order valence-electron chi connectivity index (χ1n) is 5.76. The molecule has 0 rings (SSSR count). The minimum atomic E-state index is -0.612. The zero-order valence-corrected chi connectivity index (χ0v) is 10.8. The highest BCUT2D eigenvalue weighted by Gasteiger charge is 2.05. The first kappa shape index (κ1) is 16.2. The molecule has 0 aromatic rings. The van der Waals surface area contributed by atoms with Crippen LogP contribution in [0, 0.1) is 11.8 Å². The van der Waals surface area contributed by atoms with Crippen molar-refractivity contribution in [3.63, 3.8) is 0 Å². The normalized spacial score (nSPS) is 10.8. The molecule has 0 aromatic heterocycles. The molecule has 0 saturated carbocycles. The maximum Gasteiger partial charge on any atom is 0.384 e. The van der Waals surface area contributed by atoms with Crippen molar-refractivity contribution in [2.24, 2.45) is 0 Å². The van der Waals surface area contributed by atoms with Gasteiger partial charge in [0.05, 0.1) is 19.2 Å². The molecule has 0 aliphatic carbocycles. The van der Waals surface area contributed by atoms with E-state index in [-0.39, 0.29) is 31.8 Å². The first-order chi connectivity index (χ1) is 8.60. The number of nitrogens with one attached hydrogen (secondary N) is 1. The molecule has 1 atom stereocenters. The summed E-state index contributed by atoms with van der Waals surface area (Å²) in [5, 5.41) is 2.75. The Bertz CT molecular complexity index is 341. The summed E-state index contributed by atoms with van der Waals surface area (Å²) >= 11 is 0. The van der Waals surface area contributed by atoms with Gasteiger partial charge in [0.1, 0.15) is 6.61 Å². The highest BCUT2D eigenvalue weighted by atomic mass is 16.5. The molecule has 0 spiro atoms. The van der Waals surface area contributed by atoms with Gasteiger partial charge in [-0.25, -0.2) is 4.79 Å². The molecule has 0 aliphatic heterocycles. The number of ether oxygens (including phenoxy) is 2. The van der Waals surface area contributed by atoms with Crippen LogP contribution in [0.2, 0.25) is 0 Å². The van der Waals surface area contributed by atoms with Crippen LogP contribution in [0.3, 0.4) is 0 Å². The van der Waals surface area contributed by atoms with Gasteiger partial charge in [-0.1, -0.05) is 25.5 Å². The lowest BCUT2D eigenvalue weighted by atomic mass is 10.3. The van der Waals surface area contributed by atoms with Crippen molar-refractivity contribution in [2.45, 2.75) is 26.4 Å². The summed E-state index contributed by atoms with van der Waals surface area (Å²) in [5.41, 5.74) is 0. The maximum atomic E-state index is 11.2. The fraction of sp³-hybridized carbons (Fsp3) is 0.538. The summed E-state index contributed by atoms with van der Waals surface area (Å²) in [5.74, 6) is 3.86. The van der Waals surface area contributed by atoms with Crippen LogP contribution in [0.25, 0.3) is 0 Å². The van der Waals surface area contributed by atoms with Gasteiger partial charge in [-0.2, -0.15) is 0 Å². The Morgan fingerprint density at radius 3 is 2.83 bits per heavy atom. The third-order valence-electron chi connectivity index (χ3n) is 1.91. The first-order valence-corrected chi connectivity index (χ1v) is 5.76. The Morgan fingerprint density at radius 2 is 2.22 bits per heavy atom. The second-order valence-electron chi connectivity index (χ2n) is 3.50. The van der Waals surface area contributed by atoms with Crippen LogP contribution in [-0.4, -0.2) is 37.7 Å². The van der Waals surface area contributed by atoms with Gasteiger partial charge in [0.15, 0.2) is 0 Å². The van der Waals surface area contributed by atoms with E-state index in [9.17, 15) is 9.59 Å². The summed E-state index contributed by atoms with van der Waals surface area (Å²) in [4.78, 5) is 22.1. The van der Waals surface area contributed by atoms with Crippen LogP contribution in [0.15, 0.2) is 12.7 Å². The van der Waals surface area contributed by atoms with Gasteiger partial charge in [-0.3, -0.25) is 10.1 Å². The molecule has 100 valence electrons. The number of carbonyl (C=O) groups is 2. The van der Waals surface area contributed by atoms with E-state index in [4.69, 9.17) is 4.74 Å². The van der Waals surface area contributed by atoms with E-state index < -0.39 is 5.97 Å². The standard InChI is InChI=1S/C13H19NO4/c1-4-9-17-12(15)7-6-8-14-10-13(16)18-11(3)5-2/h4,11,14H,1,5,8-10H2,2-3H3. The quantitative estimate of drug-likeness (QED) is 0.237. The molecule has 0 radical (unpaired) electrons. The molecule has 18 heavy (non-hydrogen) atoms. The molecule has 5 nitrogen and oxygen atoms in total. The predicted molar refractivity (Wildman–Crippen MR) is 67.6 cm³/mol. The van der Waals surface area contributed by atoms with Gasteiger partial charge in [0, 0.05) is 5.92 Å². The maximum absolute atomic E-state index is 11.2. The Hall–Kier alpha value is -1.80. The summed E-state index contributed by atoms with van der Waals surface area (Å²) in [7, 11) is 0. The minimum Gasteiger partial charge on any atom is -0.462 e. The third kappa shape index (κ3) is 9.43. The van der Waals surface area contributed by atoms with E-state index in [1.54, 1.807) is 0 Å². The molecule has 0 aromatic carbocycles. The molecule has 0 heterocycles. The summed E-state index contributed by atoms with van der Waals surface area (Å²) in [6, 6.07) is 0. The highest BCUT2D eigenvalue weighted by Crippen LogP contribution is 1.95. The van der Waals surface area contributed by atoms with Crippen molar-refractivity contribution in [2.75, 3.05) is 19.7 Å². The number of hydrogen-bond acceptors (Lipinski definition) is 5. The second-order valence-corrected chi connectivity index (χ2v) is 3.50. The molecule has 1 unspecified atom stereocenters. The smallest absolute Gasteiger partial charge is 0.384 e. The summed E-state index contributed by atoms with van der Waals surface area (Å²) in [6.45, 7) is 7.60. The number of hydrogen-bond donors (Lipinski definition) is 1. The lowest BCUT2D eigenvalue weighted by molar-refractivity contribution is -0.147. The Kier molecular flexibility index (Phi) is 9.32. The molecular weight excluding hydrogens is 234 g/mol. The van der Waals surface area contributed by atoms with Gasteiger partial charge in [0.25, 0.3) is 0 Å². The van der Waals surface area contributed by atoms with Gasteiger partial charge in [-0.15, -0.1) is 0 Å². The Balaban J connectivity index is 3.67. The topological polar surface area (TPSA) is 64.6 Å². The molecule has 0 bridgehead atoms. The summed E-state index contributed by atoms with van der Waals surface area (Å²) < 4.78 is 9.66. The zero-order chi connectivity index (χ0) is 13.8. The van der Waals surface area contributed by atoms with Crippen molar-refractivity contribution >= 4 is 11.9 Å². The van der Waals surface area contributed by atoms with E-state index in [2.05, 4.69) is 28.5 Å². The minimum absolute atomic E-state index is 0.0702. The second kappa shape index (κ2) is 10.4. The molecule has 5 heteroatoms. The van der Waals surface area contributed by atoms with Crippen LogP contribution >= 0.6 is 0 Å². The third-order valence-corrected chi connectivity index (χ3v) is 1.91. The molecule has 0 aliphatic rings. The number of rotatable bonds is 7. The van der Waals surface area contributed by atoms with Gasteiger partial charge < -0.3 is 9.47 Å². The molecular formula is C13H19NO4. The van der Waals surface area contributed by atoms with E-state index in [0.29, 0.717) is 0 Å². The fourth-order valence-corrected chi connectivity index (χ4v) is 0.864. The molecule has 0 saturated heterocycles. The zero-order valence-electron chi connectivity index (χ0n) is 10.8. The van der Waals surface area contributed by atoms with Crippen LogP contribution in [0.1, 0.15) is 20.3 Å². The van der Waals surface area contributed by atoms with Crippen molar-refractivity contribution < 1.29 is 19.1 Å². The fourth-order valence-electron chi connectivity index (χ4n) is 0.864. The lowest BCUT2D eigenvalue weighted by Crippen LogP contribution is -2.27. The van der Waals surface area contributed by atoms with E-state index in [1.165, 1.54) is 6.08 Å². The van der Waals surface area contributed by atoms with Crippen molar-refractivity contribution in [3.8, 4) is 11.8 Å². The largest absolute Gasteiger partial charge is 0.462 e. The average molecular weight is 253 g/mol. The van der Waals surface area contributed by atoms with Crippen molar-refractivity contribution in [1.82, 2.24) is 5.32 Å². The van der Waals surface area contributed by atoms with Crippen molar-refractivity contribution in [3.05, 3.63) is 12.7 Å². The van der Waals surface area contributed by atoms with Crippen molar-refractivity contribution in [1.29, 1.82) is 0 Å². The molecule has 1 N–H and O–H groups in total. The Labute approximate surface area is 108 Å². The van der Waals surface area contributed by atoms with E-state index >= 15 is 0 Å². The lowest BCUT2D eigenvalue weighted by Gasteiger charge is -2.10.